The second kappa shape index (κ2) is 6.38. The van der Waals surface area contributed by atoms with Gasteiger partial charge >= 0.3 is 0 Å². The first-order valence-electron chi connectivity index (χ1n) is 5.99. The van der Waals surface area contributed by atoms with Crippen LogP contribution in [0.5, 0.6) is 0 Å². The third-order valence-electron chi connectivity index (χ3n) is 2.92. The van der Waals surface area contributed by atoms with E-state index in [1.165, 1.54) is 0 Å². The van der Waals surface area contributed by atoms with Crippen LogP contribution in [0.2, 0.25) is 0 Å². The molecule has 0 spiro atoms. The van der Waals surface area contributed by atoms with Crippen molar-refractivity contribution < 1.29 is 5.21 Å². The fourth-order valence-electron chi connectivity index (χ4n) is 1.86. The van der Waals surface area contributed by atoms with Gasteiger partial charge in [0, 0.05) is 41.7 Å². The number of nitrogens with two attached hydrogens (primary N) is 1. The van der Waals surface area contributed by atoms with E-state index in [1.54, 1.807) is 6.20 Å². The summed E-state index contributed by atoms with van der Waals surface area (Å²) >= 11 is 3.43. The molecule has 0 radical (unpaired) electrons. The summed E-state index contributed by atoms with van der Waals surface area (Å²) in [6, 6.07) is 9.62. The second-order valence-corrected chi connectivity index (χ2v) is 5.22. The average Bonchev–Trinajstić information content (AvgIpc) is 2.47. The van der Waals surface area contributed by atoms with Crippen LogP contribution in [-0.2, 0) is 6.54 Å². The predicted octanol–water partition coefficient (Wildman–Crippen LogP) is 2.58. The first-order valence-corrected chi connectivity index (χ1v) is 6.78. The van der Waals surface area contributed by atoms with Crippen LogP contribution in [0.15, 0.2) is 52.4 Å². The standard InChI is InChI=1S/C14H15BrN4O/c1-19(9-10-3-2-6-17-8-10)11-4-5-12(13(15)7-11)14(16)18-20/h2-8,20H,9H2,1H3,(H2,16,18). The molecule has 2 aromatic rings. The molecule has 1 aromatic carbocycles. The number of anilines is 1. The number of halogens is 1. The first kappa shape index (κ1) is 14.3. The molecule has 0 aliphatic rings. The highest BCUT2D eigenvalue weighted by atomic mass is 79.9. The molecule has 2 rings (SSSR count). The minimum atomic E-state index is 0.0818. The number of pyridine rings is 1. The van der Waals surface area contributed by atoms with Crippen LogP contribution in [0.1, 0.15) is 11.1 Å². The Hall–Kier alpha value is -2.08. The van der Waals surface area contributed by atoms with Crippen LogP contribution in [0.25, 0.3) is 0 Å². The Morgan fingerprint density at radius 2 is 2.25 bits per heavy atom. The van der Waals surface area contributed by atoms with Crippen LogP contribution >= 0.6 is 15.9 Å². The van der Waals surface area contributed by atoms with Crippen LogP contribution in [0, 0.1) is 0 Å². The molecule has 6 heteroatoms. The van der Waals surface area contributed by atoms with Gasteiger partial charge in [-0.05, 0) is 45.8 Å². The van der Waals surface area contributed by atoms with E-state index in [4.69, 9.17) is 10.9 Å². The molecule has 0 fully saturated rings. The summed E-state index contributed by atoms with van der Waals surface area (Å²) in [5.41, 5.74) is 8.41. The van der Waals surface area contributed by atoms with Crippen molar-refractivity contribution in [3.05, 3.63) is 58.3 Å². The number of rotatable bonds is 4. The predicted molar refractivity (Wildman–Crippen MR) is 83.0 cm³/mol. The van der Waals surface area contributed by atoms with Crippen molar-refractivity contribution >= 4 is 27.5 Å². The number of hydrogen-bond donors (Lipinski definition) is 2. The van der Waals surface area contributed by atoms with E-state index >= 15 is 0 Å². The maximum atomic E-state index is 8.71. The lowest BCUT2D eigenvalue weighted by atomic mass is 10.1. The molecule has 0 saturated heterocycles. The molecule has 0 aliphatic carbocycles. The molecule has 0 bridgehead atoms. The quantitative estimate of drug-likeness (QED) is 0.390. The van der Waals surface area contributed by atoms with Crippen molar-refractivity contribution in [3.8, 4) is 0 Å². The van der Waals surface area contributed by atoms with Crippen molar-refractivity contribution in [3.63, 3.8) is 0 Å². The molecular formula is C14H15BrN4O. The van der Waals surface area contributed by atoms with Gasteiger partial charge in [-0.2, -0.15) is 0 Å². The van der Waals surface area contributed by atoms with Crippen molar-refractivity contribution in [1.29, 1.82) is 0 Å². The van der Waals surface area contributed by atoms with Gasteiger partial charge in [0.05, 0.1) is 0 Å². The zero-order valence-corrected chi connectivity index (χ0v) is 12.6. The fourth-order valence-corrected chi connectivity index (χ4v) is 2.43. The van der Waals surface area contributed by atoms with Gasteiger partial charge in [0.2, 0.25) is 0 Å². The Balaban J connectivity index is 2.19. The molecule has 0 unspecified atom stereocenters. The number of hydrogen-bond acceptors (Lipinski definition) is 4. The zero-order chi connectivity index (χ0) is 14.5. The van der Waals surface area contributed by atoms with Gasteiger partial charge in [0.1, 0.15) is 0 Å². The Morgan fingerprint density at radius 3 is 2.85 bits per heavy atom. The van der Waals surface area contributed by atoms with Crippen molar-refractivity contribution in [2.75, 3.05) is 11.9 Å². The van der Waals surface area contributed by atoms with E-state index < -0.39 is 0 Å². The van der Waals surface area contributed by atoms with Crippen molar-refractivity contribution in [2.45, 2.75) is 6.54 Å². The van der Waals surface area contributed by atoms with Crippen molar-refractivity contribution in [2.24, 2.45) is 10.9 Å². The summed E-state index contributed by atoms with van der Waals surface area (Å²) in [6.45, 7) is 0.753. The molecule has 5 nitrogen and oxygen atoms in total. The molecule has 20 heavy (non-hydrogen) atoms. The van der Waals surface area contributed by atoms with E-state index in [9.17, 15) is 0 Å². The summed E-state index contributed by atoms with van der Waals surface area (Å²) in [5, 5.41) is 11.7. The SMILES string of the molecule is CN(Cc1cccnc1)c1ccc(/C(N)=N/O)c(Br)c1. The summed E-state index contributed by atoms with van der Waals surface area (Å²) in [7, 11) is 2.00. The first-order chi connectivity index (χ1) is 9.61. The van der Waals surface area contributed by atoms with Gasteiger partial charge in [-0.15, -0.1) is 0 Å². The number of oxime groups is 1. The van der Waals surface area contributed by atoms with E-state index in [-0.39, 0.29) is 5.84 Å². The van der Waals surface area contributed by atoms with Crippen LogP contribution < -0.4 is 10.6 Å². The highest BCUT2D eigenvalue weighted by Crippen LogP contribution is 2.24. The normalized spacial score (nSPS) is 11.4. The van der Waals surface area contributed by atoms with Gasteiger partial charge in [0.25, 0.3) is 0 Å². The molecule has 0 aliphatic heterocycles. The summed E-state index contributed by atoms with van der Waals surface area (Å²) in [4.78, 5) is 6.20. The Morgan fingerprint density at radius 1 is 1.45 bits per heavy atom. The third-order valence-corrected chi connectivity index (χ3v) is 3.58. The van der Waals surface area contributed by atoms with Gasteiger partial charge in [-0.25, -0.2) is 0 Å². The molecule has 1 heterocycles. The minimum Gasteiger partial charge on any atom is -0.409 e. The van der Waals surface area contributed by atoms with E-state index in [1.807, 2.05) is 43.6 Å². The van der Waals surface area contributed by atoms with Crippen LogP contribution in [0.3, 0.4) is 0 Å². The molecule has 3 N–H and O–H groups in total. The topological polar surface area (TPSA) is 74.7 Å². The third kappa shape index (κ3) is 3.27. The highest BCUT2D eigenvalue weighted by molar-refractivity contribution is 9.10. The molecule has 104 valence electrons. The smallest absolute Gasteiger partial charge is 0.171 e. The monoisotopic (exact) mass is 334 g/mol. The van der Waals surface area contributed by atoms with Gasteiger partial charge < -0.3 is 15.8 Å². The number of amidine groups is 1. The number of nitrogens with zero attached hydrogens (tertiary/aromatic N) is 3. The Bertz CT molecular complexity index is 616. The van der Waals surface area contributed by atoms with Crippen LogP contribution in [0.4, 0.5) is 5.69 Å². The lowest BCUT2D eigenvalue weighted by Crippen LogP contribution is -2.18. The number of benzene rings is 1. The van der Waals surface area contributed by atoms with E-state index in [0.717, 1.165) is 22.3 Å². The van der Waals surface area contributed by atoms with Gasteiger partial charge in [-0.1, -0.05) is 11.2 Å². The molecule has 0 amide bonds. The molecule has 1 aromatic heterocycles. The Kier molecular flexibility index (Phi) is 4.57. The second-order valence-electron chi connectivity index (χ2n) is 4.37. The molecule has 0 saturated carbocycles. The van der Waals surface area contributed by atoms with E-state index in [2.05, 4.69) is 31.0 Å². The summed E-state index contributed by atoms with van der Waals surface area (Å²) < 4.78 is 0.781. The molecule has 0 atom stereocenters. The fraction of sp³-hybridized carbons (Fsp3) is 0.143. The van der Waals surface area contributed by atoms with Gasteiger partial charge in [0.15, 0.2) is 5.84 Å². The van der Waals surface area contributed by atoms with Gasteiger partial charge in [-0.3, -0.25) is 4.98 Å². The zero-order valence-electron chi connectivity index (χ0n) is 11.0. The Labute approximate surface area is 125 Å². The average molecular weight is 335 g/mol. The maximum absolute atomic E-state index is 8.71. The number of aromatic nitrogens is 1. The van der Waals surface area contributed by atoms with Crippen molar-refractivity contribution in [1.82, 2.24) is 4.98 Å². The lowest BCUT2D eigenvalue weighted by molar-refractivity contribution is 0.318. The van der Waals surface area contributed by atoms with Crippen LogP contribution in [-0.4, -0.2) is 23.1 Å². The summed E-state index contributed by atoms with van der Waals surface area (Å²) in [6.07, 6.45) is 3.60. The maximum Gasteiger partial charge on any atom is 0.171 e. The largest absolute Gasteiger partial charge is 0.409 e. The highest BCUT2D eigenvalue weighted by Gasteiger charge is 2.08. The van der Waals surface area contributed by atoms with E-state index in [0.29, 0.717) is 5.56 Å². The lowest BCUT2D eigenvalue weighted by Gasteiger charge is -2.20. The minimum absolute atomic E-state index is 0.0818. The molecular weight excluding hydrogens is 320 g/mol. The summed E-state index contributed by atoms with van der Waals surface area (Å²) in [5.74, 6) is 0.0818.